The predicted octanol–water partition coefficient (Wildman–Crippen LogP) is 5.09. The molecule has 20 heavy (non-hydrogen) atoms. The van der Waals surface area contributed by atoms with Gasteiger partial charge in [0.2, 0.25) is 0 Å². The van der Waals surface area contributed by atoms with Crippen molar-refractivity contribution in [1.82, 2.24) is 0 Å². The van der Waals surface area contributed by atoms with Gasteiger partial charge in [0.25, 0.3) is 0 Å². The summed E-state index contributed by atoms with van der Waals surface area (Å²) in [5.74, 6) is -0.228. The van der Waals surface area contributed by atoms with Gasteiger partial charge in [-0.1, -0.05) is 17.7 Å². The van der Waals surface area contributed by atoms with Crippen molar-refractivity contribution in [1.29, 1.82) is 0 Å². The number of carbonyl (C=O) groups excluding carboxylic acids is 1. The van der Waals surface area contributed by atoms with Crippen molar-refractivity contribution in [3.05, 3.63) is 57.9 Å². The Labute approximate surface area is 122 Å². The summed E-state index contributed by atoms with van der Waals surface area (Å²) >= 11 is 6.09. The van der Waals surface area contributed by atoms with E-state index in [0.717, 1.165) is 11.1 Å². The van der Waals surface area contributed by atoms with Gasteiger partial charge in [-0.15, -0.1) is 0 Å². The van der Waals surface area contributed by atoms with Gasteiger partial charge >= 0.3 is 0 Å². The maximum atomic E-state index is 13.7. The predicted molar refractivity (Wildman–Crippen MR) is 77.4 cm³/mol. The second-order valence-electron chi connectivity index (χ2n) is 4.64. The fraction of sp³-hybridized carbons (Fsp3) is 0.188. The molecule has 0 saturated heterocycles. The third-order valence-corrected chi connectivity index (χ3v) is 3.56. The fourth-order valence-corrected chi connectivity index (χ4v) is 2.13. The summed E-state index contributed by atoms with van der Waals surface area (Å²) in [4.78, 5) is 11.5. The fourth-order valence-electron chi connectivity index (χ4n) is 2.02. The molecule has 2 nitrogen and oxygen atoms in total. The lowest BCUT2D eigenvalue weighted by atomic mass is 10.1. The van der Waals surface area contributed by atoms with Crippen molar-refractivity contribution < 1.29 is 13.9 Å². The van der Waals surface area contributed by atoms with Gasteiger partial charge in [0.15, 0.2) is 5.78 Å². The lowest BCUT2D eigenvalue weighted by Crippen LogP contribution is -2.01. The summed E-state index contributed by atoms with van der Waals surface area (Å²) in [5.41, 5.74) is 1.68. The van der Waals surface area contributed by atoms with Crippen LogP contribution in [0, 0.1) is 19.7 Å². The Balaban J connectivity index is 2.45. The molecule has 0 aromatic heterocycles. The minimum absolute atomic E-state index is 0.0437. The Hall–Kier alpha value is -1.87. The van der Waals surface area contributed by atoms with Gasteiger partial charge in [-0.05, 0) is 56.2 Å². The third-order valence-electron chi connectivity index (χ3n) is 2.97. The number of hydrogen-bond acceptors (Lipinski definition) is 2. The number of benzene rings is 2. The van der Waals surface area contributed by atoms with Crippen LogP contribution in [0.15, 0.2) is 30.3 Å². The monoisotopic (exact) mass is 292 g/mol. The third kappa shape index (κ3) is 2.83. The number of halogens is 2. The van der Waals surface area contributed by atoms with E-state index in [2.05, 4.69) is 0 Å². The van der Waals surface area contributed by atoms with Crippen LogP contribution in [-0.4, -0.2) is 5.78 Å². The van der Waals surface area contributed by atoms with E-state index in [4.69, 9.17) is 16.3 Å². The van der Waals surface area contributed by atoms with E-state index in [0.29, 0.717) is 10.8 Å². The molecule has 0 fully saturated rings. The molecule has 0 aliphatic heterocycles. The average molecular weight is 293 g/mol. The van der Waals surface area contributed by atoms with Crippen LogP contribution in [0.25, 0.3) is 0 Å². The van der Waals surface area contributed by atoms with Crippen molar-refractivity contribution >= 4 is 17.4 Å². The highest BCUT2D eigenvalue weighted by Gasteiger charge is 2.15. The van der Waals surface area contributed by atoms with Gasteiger partial charge in [0, 0.05) is 5.02 Å². The van der Waals surface area contributed by atoms with E-state index in [-0.39, 0.29) is 17.1 Å². The Morgan fingerprint density at radius 3 is 2.35 bits per heavy atom. The number of rotatable bonds is 3. The number of hydrogen-bond donors (Lipinski definition) is 0. The van der Waals surface area contributed by atoms with Gasteiger partial charge in [-0.25, -0.2) is 4.39 Å². The Morgan fingerprint density at radius 2 is 1.80 bits per heavy atom. The summed E-state index contributed by atoms with van der Waals surface area (Å²) in [6, 6.07) is 7.82. The van der Waals surface area contributed by atoms with E-state index in [9.17, 15) is 9.18 Å². The molecule has 0 atom stereocenters. The molecule has 4 heteroatoms. The van der Waals surface area contributed by atoms with Crippen LogP contribution in [0.3, 0.4) is 0 Å². The van der Waals surface area contributed by atoms with Crippen molar-refractivity contribution in [2.45, 2.75) is 20.8 Å². The van der Waals surface area contributed by atoms with E-state index in [1.807, 2.05) is 13.8 Å². The number of ether oxygens (including phenoxy) is 1. The van der Waals surface area contributed by atoms with Crippen molar-refractivity contribution in [2.24, 2.45) is 0 Å². The van der Waals surface area contributed by atoms with Crippen LogP contribution in [-0.2, 0) is 0 Å². The summed E-state index contributed by atoms with van der Waals surface area (Å²) < 4.78 is 19.4. The maximum absolute atomic E-state index is 13.7. The first-order valence-corrected chi connectivity index (χ1v) is 6.52. The van der Waals surface area contributed by atoms with Crippen LogP contribution < -0.4 is 4.74 Å². The molecule has 2 rings (SSSR count). The molecule has 0 aliphatic carbocycles. The number of Topliss-reactive ketones (excluding diaryl/α,β-unsaturated/α-hetero) is 1. The maximum Gasteiger partial charge on any atom is 0.166 e. The number of carbonyl (C=O) groups is 1. The molecular weight excluding hydrogens is 279 g/mol. The second kappa shape index (κ2) is 5.63. The highest BCUT2D eigenvalue weighted by molar-refractivity contribution is 6.32. The molecule has 0 aliphatic rings. The molecule has 0 radical (unpaired) electrons. The van der Waals surface area contributed by atoms with E-state index < -0.39 is 5.82 Å². The van der Waals surface area contributed by atoms with Crippen molar-refractivity contribution in [3.8, 4) is 11.5 Å². The molecule has 0 N–H and O–H groups in total. The molecule has 0 unspecified atom stereocenters. The van der Waals surface area contributed by atoms with Crippen LogP contribution in [0.5, 0.6) is 11.5 Å². The molecule has 2 aromatic rings. The lowest BCUT2D eigenvalue weighted by molar-refractivity contribution is 0.101. The van der Waals surface area contributed by atoms with Crippen LogP contribution >= 0.6 is 11.6 Å². The smallest absolute Gasteiger partial charge is 0.166 e. The molecular formula is C16H14ClFO2. The Kier molecular flexibility index (Phi) is 4.09. The minimum Gasteiger partial charge on any atom is -0.456 e. The van der Waals surface area contributed by atoms with Gasteiger partial charge in [0.05, 0.1) is 5.56 Å². The highest BCUT2D eigenvalue weighted by Crippen LogP contribution is 2.31. The highest BCUT2D eigenvalue weighted by atomic mass is 35.5. The molecule has 2 aromatic carbocycles. The topological polar surface area (TPSA) is 26.3 Å². The van der Waals surface area contributed by atoms with Gasteiger partial charge in [-0.3, -0.25) is 4.79 Å². The summed E-state index contributed by atoms with van der Waals surface area (Å²) in [6.45, 7) is 5.03. The Morgan fingerprint density at radius 1 is 1.20 bits per heavy atom. The van der Waals surface area contributed by atoms with Crippen molar-refractivity contribution in [3.63, 3.8) is 0 Å². The van der Waals surface area contributed by atoms with E-state index in [1.54, 1.807) is 18.2 Å². The zero-order valence-electron chi connectivity index (χ0n) is 11.5. The standard InChI is InChI=1S/C16H14ClFO2/c1-9-7-12(8-10(2)16(9)17)20-14-6-4-5-13(18)15(14)11(3)19/h4-8H,1-3H3. The molecule has 104 valence electrons. The summed E-state index contributed by atoms with van der Waals surface area (Å²) in [7, 11) is 0. The largest absolute Gasteiger partial charge is 0.456 e. The minimum atomic E-state index is -0.586. The lowest BCUT2D eigenvalue weighted by Gasteiger charge is -2.12. The Bertz CT molecular complexity index is 657. The molecule has 0 amide bonds. The quantitative estimate of drug-likeness (QED) is 0.736. The van der Waals surface area contributed by atoms with Gasteiger partial charge < -0.3 is 4.74 Å². The first kappa shape index (κ1) is 14.5. The van der Waals surface area contributed by atoms with Crippen molar-refractivity contribution in [2.75, 3.05) is 0 Å². The van der Waals surface area contributed by atoms with Crippen LogP contribution in [0.4, 0.5) is 4.39 Å². The molecule has 0 spiro atoms. The van der Waals surface area contributed by atoms with E-state index >= 15 is 0 Å². The summed E-state index contributed by atoms with van der Waals surface area (Å²) in [6.07, 6.45) is 0. The van der Waals surface area contributed by atoms with Gasteiger partial charge in [0.1, 0.15) is 17.3 Å². The first-order valence-electron chi connectivity index (χ1n) is 6.14. The average Bonchev–Trinajstić information content (AvgIpc) is 2.35. The summed E-state index contributed by atoms with van der Waals surface area (Å²) in [5, 5.41) is 0.670. The first-order chi connectivity index (χ1) is 9.40. The zero-order chi connectivity index (χ0) is 14.9. The molecule has 0 bridgehead atoms. The molecule has 0 heterocycles. The van der Waals surface area contributed by atoms with Crippen LogP contribution in [0.1, 0.15) is 28.4 Å². The number of aryl methyl sites for hydroxylation is 2. The SMILES string of the molecule is CC(=O)c1c(F)cccc1Oc1cc(C)c(Cl)c(C)c1. The zero-order valence-corrected chi connectivity index (χ0v) is 12.2. The second-order valence-corrected chi connectivity index (χ2v) is 5.02. The van der Waals surface area contributed by atoms with Gasteiger partial charge in [-0.2, -0.15) is 0 Å². The van der Waals surface area contributed by atoms with Crippen LogP contribution in [0.2, 0.25) is 5.02 Å². The normalized spacial score (nSPS) is 10.4. The molecule has 0 saturated carbocycles. The number of ketones is 1. The van der Waals surface area contributed by atoms with E-state index in [1.165, 1.54) is 19.1 Å².